The van der Waals surface area contributed by atoms with Crippen molar-refractivity contribution in [3.8, 4) is 0 Å². The summed E-state index contributed by atoms with van der Waals surface area (Å²) in [7, 11) is -0.124. The number of furan rings is 1. The molecule has 9 heteroatoms. The topological polar surface area (TPSA) is 105 Å². The highest BCUT2D eigenvalue weighted by Crippen LogP contribution is 2.07. The van der Waals surface area contributed by atoms with E-state index in [0.29, 0.717) is 25.7 Å². The summed E-state index contributed by atoms with van der Waals surface area (Å²) in [6.07, 6.45) is 2.48. The van der Waals surface area contributed by atoms with Crippen LogP contribution in [0.15, 0.2) is 52.1 Å². The molecule has 2 aromatic rings. The SMILES string of the molecule is CN=C(NCCCOCc1ccco1)NCc1ccc(CS(=O)(=O)NC)cc1. The molecule has 1 heterocycles. The lowest BCUT2D eigenvalue weighted by Crippen LogP contribution is -2.37. The minimum absolute atomic E-state index is 0.0254. The molecule has 0 aliphatic heterocycles. The summed E-state index contributed by atoms with van der Waals surface area (Å²) in [5.41, 5.74) is 1.78. The molecule has 0 atom stereocenters. The summed E-state index contributed by atoms with van der Waals surface area (Å²) in [6.45, 7) is 2.43. The van der Waals surface area contributed by atoms with Gasteiger partial charge in [-0.25, -0.2) is 13.1 Å². The Labute approximate surface area is 166 Å². The summed E-state index contributed by atoms with van der Waals surface area (Å²) in [5.74, 6) is 1.50. The second-order valence-electron chi connectivity index (χ2n) is 6.12. The standard InChI is InChI=1S/C19H28N4O4S/c1-20-19(22-10-4-11-26-14-18-5-3-12-27-18)23-13-16-6-8-17(9-7-16)15-28(24,25)21-2/h3,5-9,12,21H,4,10-11,13-15H2,1-2H3,(H2,20,22,23). The van der Waals surface area contributed by atoms with Gasteiger partial charge in [0.15, 0.2) is 5.96 Å². The number of aliphatic imine (C=N–C) groups is 1. The van der Waals surface area contributed by atoms with Gasteiger partial charge in [0.05, 0.1) is 12.0 Å². The number of guanidine groups is 1. The van der Waals surface area contributed by atoms with Crippen molar-refractivity contribution < 1.29 is 17.6 Å². The Balaban J connectivity index is 1.64. The predicted octanol–water partition coefficient (Wildman–Crippen LogP) is 1.60. The Bertz CT molecular complexity index is 818. The number of sulfonamides is 1. The first-order valence-corrected chi connectivity index (χ1v) is 10.7. The molecular weight excluding hydrogens is 380 g/mol. The number of hydrogen-bond acceptors (Lipinski definition) is 5. The molecule has 0 spiro atoms. The summed E-state index contributed by atoms with van der Waals surface area (Å²) in [6, 6.07) is 11.2. The van der Waals surface area contributed by atoms with Crippen LogP contribution in [0.2, 0.25) is 0 Å². The van der Waals surface area contributed by atoms with Gasteiger partial charge in [0.1, 0.15) is 12.4 Å². The quantitative estimate of drug-likeness (QED) is 0.296. The minimum Gasteiger partial charge on any atom is -0.467 e. The second kappa shape index (κ2) is 11.5. The van der Waals surface area contributed by atoms with E-state index in [1.54, 1.807) is 13.3 Å². The number of nitrogens with zero attached hydrogens (tertiary/aromatic N) is 1. The lowest BCUT2D eigenvalue weighted by molar-refractivity contribution is 0.105. The van der Waals surface area contributed by atoms with Crippen LogP contribution in [0.4, 0.5) is 0 Å². The van der Waals surface area contributed by atoms with E-state index < -0.39 is 10.0 Å². The fraction of sp³-hybridized carbons (Fsp3) is 0.421. The molecule has 0 amide bonds. The molecule has 0 aliphatic carbocycles. The summed E-state index contributed by atoms with van der Waals surface area (Å²) >= 11 is 0. The third-order valence-electron chi connectivity index (χ3n) is 3.96. The molecule has 0 saturated heterocycles. The van der Waals surface area contributed by atoms with Crippen molar-refractivity contribution >= 4 is 16.0 Å². The molecule has 0 bridgehead atoms. The molecule has 154 valence electrons. The van der Waals surface area contributed by atoms with Gasteiger partial charge in [-0.05, 0) is 36.7 Å². The highest BCUT2D eigenvalue weighted by Gasteiger charge is 2.08. The van der Waals surface area contributed by atoms with Crippen molar-refractivity contribution in [1.29, 1.82) is 0 Å². The maximum atomic E-state index is 11.6. The van der Waals surface area contributed by atoms with Gasteiger partial charge < -0.3 is 19.8 Å². The average molecular weight is 409 g/mol. The van der Waals surface area contributed by atoms with Gasteiger partial charge in [-0.15, -0.1) is 0 Å². The number of rotatable bonds is 11. The Morgan fingerprint density at radius 1 is 1.14 bits per heavy atom. The van der Waals surface area contributed by atoms with Crippen molar-refractivity contribution in [1.82, 2.24) is 15.4 Å². The molecule has 1 aromatic carbocycles. The first kappa shape index (κ1) is 21.9. The van der Waals surface area contributed by atoms with Gasteiger partial charge in [0.2, 0.25) is 10.0 Å². The van der Waals surface area contributed by atoms with Gasteiger partial charge in [-0.3, -0.25) is 4.99 Å². The summed E-state index contributed by atoms with van der Waals surface area (Å²) in [4.78, 5) is 4.19. The maximum absolute atomic E-state index is 11.6. The van der Waals surface area contributed by atoms with Gasteiger partial charge in [-0.1, -0.05) is 24.3 Å². The van der Waals surface area contributed by atoms with Gasteiger partial charge >= 0.3 is 0 Å². The van der Waals surface area contributed by atoms with Crippen LogP contribution in [0, 0.1) is 0 Å². The first-order chi connectivity index (χ1) is 13.5. The van der Waals surface area contributed by atoms with Crippen LogP contribution in [0.5, 0.6) is 0 Å². The van der Waals surface area contributed by atoms with Crippen molar-refractivity contribution in [2.45, 2.75) is 25.3 Å². The normalized spacial score (nSPS) is 12.1. The Kier molecular flexibility index (Phi) is 8.99. The predicted molar refractivity (Wildman–Crippen MR) is 109 cm³/mol. The van der Waals surface area contributed by atoms with Crippen LogP contribution in [0.1, 0.15) is 23.3 Å². The molecule has 1 aromatic heterocycles. The highest BCUT2D eigenvalue weighted by molar-refractivity contribution is 7.88. The molecule has 0 saturated carbocycles. The third-order valence-corrected chi connectivity index (χ3v) is 5.29. The minimum atomic E-state index is -3.26. The van der Waals surface area contributed by atoms with Gasteiger partial charge in [0.25, 0.3) is 0 Å². The summed E-state index contributed by atoms with van der Waals surface area (Å²) < 4.78 is 36.2. The van der Waals surface area contributed by atoms with Gasteiger partial charge in [0, 0.05) is 26.7 Å². The van der Waals surface area contributed by atoms with Crippen molar-refractivity contribution in [2.24, 2.45) is 4.99 Å². The lowest BCUT2D eigenvalue weighted by Gasteiger charge is -2.12. The van der Waals surface area contributed by atoms with Crippen LogP contribution in [-0.4, -0.2) is 41.6 Å². The molecule has 0 aliphatic rings. The monoisotopic (exact) mass is 408 g/mol. The van der Waals surface area contributed by atoms with Crippen LogP contribution in [-0.2, 0) is 33.7 Å². The van der Waals surface area contributed by atoms with Crippen LogP contribution >= 0.6 is 0 Å². The number of hydrogen-bond donors (Lipinski definition) is 3. The summed E-state index contributed by atoms with van der Waals surface area (Å²) in [5, 5.41) is 6.46. The van der Waals surface area contributed by atoms with Crippen LogP contribution < -0.4 is 15.4 Å². The molecule has 28 heavy (non-hydrogen) atoms. The molecule has 0 radical (unpaired) electrons. The van der Waals surface area contributed by atoms with E-state index >= 15 is 0 Å². The molecule has 2 rings (SSSR count). The zero-order valence-corrected chi connectivity index (χ0v) is 17.1. The fourth-order valence-electron chi connectivity index (χ4n) is 2.40. The first-order valence-electron chi connectivity index (χ1n) is 9.06. The molecular formula is C19H28N4O4S. The van der Waals surface area contributed by atoms with Gasteiger partial charge in [-0.2, -0.15) is 0 Å². The maximum Gasteiger partial charge on any atom is 0.215 e. The second-order valence-corrected chi connectivity index (χ2v) is 8.04. The molecule has 0 fully saturated rings. The van der Waals surface area contributed by atoms with Crippen LogP contribution in [0.25, 0.3) is 0 Å². The van der Waals surface area contributed by atoms with E-state index in [0.717, 1.165) is 29.9 Å². The van der Waals surface area contributed by atoms with E-state index in [4.69, 9.17) is 9.15 Å². The number of nitrogens with one attached hydrogen (secondary N) is 3. The number of ether oxygens (including phenoxy) is 1. The van der Waals surface area contributed by atoms with E-state index in [1.807, 2.05) is 36.4 Å². The zero-order valence-electron chi connectivity index (χ0n) is 16.3. The molecule has 3 N–H and O–H groups in total. The van der Waals surface area contributed by atoms with Crippen LogP contribution in [0.3, 0.4) is 0 Å². The lowest BCUT2D eigenvalue weighted by atomic mass is 10.1. The highest BCUT2D eigenvalue weighted by atomic mass is 32.2. The smallest absolute Gasteiger partial charge is 0.215 e. The Morgan fingerprint density at radius 3 is 2.54 bits per heavy atom. The Hall–Kier alpha value is -2.36. The fourth-order valence-corrected chi connectivity index (χ4v) is 3.18. The van der Waals surface area contributed by atoms with Crippen molar-refractivity contribution in [3.05, 3.63) is 59.5 Å². The van der Waals surface area contributed by atoms with E-state index in [-0.39, 0.29) is 5.75 Å². The molecule has 8 nitrogen and oxygen atoms in total. The third kappa shape index (κ3) is 8.12. The zero-order chi connectivity index (χ0) is 20.2. The van der Waals surface area contributed by atoms with E-state index in [1.165, 1.54) is 7.05 Å². The Morgan fingerprint density at radius 2 is 1.89 bits per heavy atom. The van der Waals surface area contributed by atoms with Crippen molar-refractivity contribution in [3.63, 3.8) is 0 Å². The average Bonchev–Trinajstić information content (AvgIpc) is 3.21. The van der Waals surface area contributed by atoms with E-state index in [9.17, 15) is 8.42 Å². The van der Waals surface area contributed by atoms with Crippen molar-refractivity contribution in [2.75, 3.05) is 27.2 Å². The van der Waals surface area contributed by atoms with E-state index in [2.05, 4.69) is 20.3 Å². The largest absolute Gasteiger partial charge is 0.467 e. The number of benzene rings is 1. The molecule has 0 unspecified atom stereocenters.